The van der Waals surface area contributed by atoms with Crippen molar-refractivity contribution >= 4 is 5.69 Å². The molecule has 0 aromatic heterocycles. The Hall–Kier alpha value is -3.43. The lowest BCUT2D eigenvalue weighted by atomic mass is 9.88. The van der Waals surface area contributed by atoms with Gasteiger partial charge < -0.3 is 14.8 Å². The summed E-state index contributed by atoms with van der Waals surface area (Å²) in [6, 6.07) is 16.2. The number of fused-ring (bicyclic) bond motifs is 1. The van der Waals surface area contributed by atoms with Crippen molar-refractivity contribution in [3.05, 3.63) is 77.9 Å². The van der Waals surface area contributed by atoms with E-state index in [4.69, 9.17) is 0 Å². The highest BCUT2D eigenvalue weighted by molar-refractivity contribution is 5.76. The number of rotatable bonds is 6. The fraction of sp³-hybridized carbons (Fsp3) is 0.250. The zero-order chi connectivity index (χ0) is 24.5. The molecule has 0 aliphatic carbocycles. The van der Waals surface area contributed by atoms with Gasteiger partial charge in [0.15, 0.2) is 0 Å². The largest absolute Gasteiger partial charge is 0.573 e. The molecule has 3 nitrogen and oxygen atoms in total. The van der Waals surface area contributed by atoms with Gasteiger partial charge in [0.1, 0.15) is 11.5 Å². The first-order chi connectivity index (χ1) is 16.0. The summed E-state index contributed by atoms with van der Waals surface area (Å²) in [5.41, 5.74) is 3.44. The van der Waals surface area contributed by atoms with Gasteiger partial charge in [0.2, 0.25) is 0 Å². The summed E-state index contributed by atoms with van der Waals surface area (Å²) in [4.78, 5) is 0. The van der Waals surface area contributed by atoms with Crippen molar-refractivity contribution < 1.29 is 40.2 Å². The second-order valence-electron chi connectivity index (χ2n) is 7.68. The molecule has 1 aliphatic rings. The van der Waals surface area contributed by atoms with Crippen molar-refractivity contribution in [2.24, 2.45) is 0 Å². The molecule has 0 radical (unpaired) electrons. The molecule has 1 heterocycles. The van der Waals surface area contributed by atoms with Gasteiger partial charge in [0.25, 0.3) is 0 Å². The fourth-order valence-electron chi connectivity index (χ4n) is 3.92. The number of alkyl halides is 7. The average molecular weight is 485 g/mol. The normalized spacial score (nSPS) is 16.1. The smallest absolute Gasteiger partial charge is 0.428 e. The minimum atomic E-state index is -4.80. The van der Waals surface area contributed by atoms with E-state index < -0.39 is 18.9 Å². The molecule has 3 aromatic carbocycles. The maximum absolute atomic E-state index is 13.3. The molecule has 10 heteroatoms. The van der Waals surface area contributed by atoms with Gasteiger partial charge in [-0.2, -0.15) is 17.6 Å². The molecule has 1 unspecified atom stereocenters. The van der Waals surface area contributed by atoms with Gasteiger partial charge in [-0.25, -0.2) is 0 Å². The molecule has 0 amide bonds. The molecule has 0 bridgehead atoms. The maximum atomic E-state index is 13.3. The molecule has 0 fully saturated rings. The lowest BCUT2D eigenvalue weighted by Gasteiger charge is -2.29. The zero-order valence-electron chi connectivity index (χ0n) is 17.4. The highest BCUT2D eigenvalue weighted by Crippen LogP contribution is 2.40. The van der Waals surface area contributed by atoms with Crippen LogP contribution in [-0.2, 0) is 6.42 Å². The van der Waals surface area contributed by atoms with Gasteiger partial charge in [-0.05, 0) is 65.4 Å². The summed E-state index contributed by atoms with van der Waals surface area (Å²) in [6.07, 6.45) is -12.3. The molecule has 4 rings (SSSR count). The number of ether oxygens (including phenoxy) is 2. The van der Waals surface area contributed by atoms with Crippen molar-refractivity contribution in [1.82, 2.24) is 0 Å². The Morgan fingerprint density at radius 1 is 0.824 bits per heavy atom. The fourth-order valence-corrected chi connectivity index (χ4v) is 3.92. The van der Waals surface area contributed by atoms with Crippen LogP contribution in [0.25, 0.3) is 11.1 Å². The molecule has 1 aliphatic heterocycles. The lowest BCUT2D eigenvalue weighted by molar-refractivity contribution is -0.274. The van der Waals surface area contributed by atoms with Crippen LogP contribution in [0.4, 0.5) is 36.4 Å². The summed E-state index contributed by atoms with van der Waals surface area (Å²) in [5, 5.41) is 3.29. The molecule has 1 atom stereocenters. The van der Waals surface area contributed by atoms with Gasteiger partial charge in [-0.3, -0.25) is 0 Å². The third-order valence-corrected chi connectivity index (χ3v) is 5.34. The molecule has 0 spiro atoms. The Bertz CT molecular complexity index is 1160. The summed E-state index contributed by atoms with van der Waals surface area (Å²) in [7, 11) is 0. The van der Waals surface area contributed by atoms with E-state index in [1.165, 1.54) is 36.4 Å². The summed E-state index contributed by atoms with van der Waals surface area (Å²) < 4.78 is 97.4. The molecule has 0 saturated heterocycles. The quantitative estimate of drug-likeness (QED) is 0.365. The minimum Gasteiger partial charge on any atom is -0.428 e. The van der Waals surface area contributed by atoms with Gasteiger partial charge in [-0.15, -0.1) is 13.2 Å². The standard InChI is InChI=1S/C24H18F7NO2/c25-22(26)23(27,28)33-16-6-2-5-15(13-16)20-11-10-19-18(8-3-9-21(19)32-20)14-4-1-7-17(12-14)34-24(29,30)31/h1-9,12-13,20,22,32H,10-11H2. The van der Waals surface area contributed by atoms with E-state index in [9.17, 15) is 30.7 Å². The molecular weight excluding hydrogens is 467 g/mol. The second kappa shape index (κ2) is 9.08. The first-order valence-electron chi connectivity index (χ1n) is 10.2. The van der Waals surface area contributed by atoms with Crippen LogP contribution < -0.4 is 14.8 Å². The molecular formula is C24H18F7NO2. The van der Waals surface area contributed by atoms with Crippen molar-refractivity contribution in [3.63, 3.8) is 0 Å². The minimum absolute atomic E-state index is 0.314. The van der Waals surface area contributed by atoms with Gasteiger partial charge in [0, 0.05) is 5.69 Å². The van der Waals surface area contributed by atoms with E-state index in [-0.39, 0.29) is 17.5 Å². The van der Waals surface area contributed by atoms with Crippen LogP contribution in [0.15, 0.2) is 66.7 Å². The highest BCUT2D eigenvalue weighted by atomic mass is 19.4. The van der Waals surface area contributed by atoms with Crippen molar-refractivity contribution in [2.45, 2.75) is 37.8 Å². The number of nitrogens with one attached hydrogen (secondary N) is 1. The molecule has 1 N–H and O–H groups in total. The van der Waals surface area contributed by atoms with E-state index in [0.717, 1.165) is 16.8 Å². The van der Waals surface area contributed by atoms with Crippen LogP contribution in [0.1, 0.15) is 23.6 Å². The predicted molar refractivity (Wildman–Crippen MR) is 111 cm³/mol. The van der Waals surface area contributed by atoms with Crippen LogP contribution in [0.2, 0.25) is 0 Å². The Morgan fingerprint density at radius 3 is 2.21 bits per heavy atom. The number of benzene rings is 3. The average Bonchev–Trinajstić information content (AvgIpc) is 2.77. The van der Waals surface area contributed by atoms with E-state index >= 15 is 0 Å². The van der Waals surface area contributed by atoms with E-state index in [1.54, 1.807) is 30.3 Å². The summed E-state index contributed by atoms with van der Waals surface area (Å²) in [6.45, 7) is 0. The first kappa shape index (κ1) is 23.7. The lowest BCUT2D eigenvalue weighted by Crippen LogP contribution is -2.33. The van der Waals surface area contributed by atoms with Crippen molar-refractivity contribution in [2.75, 3.05) is 5.32 Å². The van der Waals surface area contributed by atoms with E-state index in [1.807, 2.05) is 0 Å². The van der Waals surface area contributed by atoms with Crippen molar-refractivity contribution in [1.29, 1.82) is 0 Å². The van der Waals surface area contributed by atoms with Crippen LogP contribution in [0.3, 0.4) is 0 Å². The van der Waals surface area contributed by atoms with Crippen LogP contribution >= 0.6 is 0 Å². The molecule has 180 valence electrons. The molecule has 34 heavy (non-hydrogen) atoms. The number of anilines is 1. The van der Waals surface area contributed by atoms with E-state index in [0.29, 0.717) is 24.0 Å². The van der Waals surface area contributed by atoms with Crippen LogP contribution in [0.5, 0.6) is 11.5 Å². The summed E-state index contributed by atoms with van der Waals surface area (Å²) >= 11 is 0. The van der Waals surface area contributed by atoms with E-state index in [2.05, 4.69) is 14.8 Å². The highest BCUT2D eigenvalue weighted by Gasteiger charge is 2.44. The third-order valence-electron chi connectivity index (χ3n) is 5.34. The SMILES string of the molecule is FC(F)C(F)(F)Oc1cccc(C2CCc3c(cccc3-c3cccc(OC(F)(F)F)c3)N2)c1. The number of hydrogen-bond donors (Lipinski definition) is 1. The van der Waals surface area contributed by atoms with Gasteiger partial charge >= 0.3 is 18.9 Å². The zero-order valence-corrected chi connectivity index (χ0v) is 17.4. The number of hydrogen-bond acceptors (Lipinski definition) is 3. The monoisotopic (exact) mass is 485 g/mol. The molecule has 0 saturated carbocycles. The second-order valence-corrected chi connectivity index (χ2v) is 7.68. The van der Waals surface area contributed by atoms with Gasteiger partial charge in [0.05, 0.1) is 6.04 Å². The Labute approximate surface area is 190 Å². The predicted octanol–water partition coefficient (Wildman–Crippen LogP) is 7.59. The Kier molecular flexibility index (Phi) is 6.33. The Balaban J connectivity index is 1.57. The Morgan fingerprint density at radius 2 is 1.50 bits per heavy atom. The van der Waals surface area contributed by atoms with Crippen molar-refractivity contribution in [3.8, 4) is 22.6 Å². The third kappa shape index (κ3) is 5.37. The van der Waals surface area contributed by atoms with Crippen LogP contribution in [0, 0.1) is 0 Å². The van der Waals surface area contributed by atoms with Crippen LogP contribution in [-0.4, -0.2) is 18.9 Å². The first-order valence-corrected chi connectivity index (χ1v) is 10.2. The van der Waals surface area contributed by atoms with Gasteiger partial charge in [-0.1, -0.05) is 36.4 Å². The number of halogens is 7. The summed E-state index contributed by atoms with van der Waals surface area (Å²) in [5.74, 6) is -0.715. The topological polar surface area (TPSA) is 30.5 Å². The maximum Gasteiger partial charge on any atom is 0.573 e. The molecule has 3 aromatic rings.